The summed E-state index contributed by atoms with van der Waals surface area (Å²) in [6.07, 6.45) is -6.82. The monoisotopic (exact) mass is 712 g/mol. The summed E-state index contributed by atoms with van der Waals surface area (Å²) in [5, 5.41) is 60.5. The number of ketones is 4. The summed E-state index contributed by atoms with van der Waals surface area (Å²) >= 11 is 0. The minimum Gasteiger partial charge on any atom is -0.507 e. The van der Waals surface area contributed by atoms with E-state index < -0.39 is 134 Å². The van der Waals surface area contributed by atoms with Crippen LogP contribution in [0, 0.1) is 6.92 Å². The number of carbonyl (C=O) groups excluding carboxylic acids is 5. The van der Waals surface area contributed by atoms with Gasteiger partial charge in [0.25, 0.3) is 0 Å². The molecule has 1 heterocycles. The molecule has 0 radical (unpaired) electrons. The first kappa shape index (κ1) is 36.1. The van der Waals surface area contributed by atoms with Crippen LogP contribution in [0.3, 0.4) is 0 Å². The van der Waals surface area contributed by atoms with E-state index >= 15 is 0 Å². The fourth-order valence-corrected chi connectivity index (χ4v) is 7.93. The molecule has 0 aromatic heterocycles. The van der Waals surface area contributed by atoms with Gasteiger partial charge in [-0.05, 0) is 31.0 Å². The van der Waals surface area contributed by atoms with Crippen LogP contribution < -0.4 is 11.1 Å². The highest BCUT2D eigenvalue weighted by Gasteiger charge is 2.73. The van der Waals surface area contributed by atoms with Crippen molar-refractivity contribution < 1.29 is 73.2 Å². The highest BCUT2D eigenvalue weighted by atomic mass is 16.6. The van der Waals surface area contributed by atoms with Gasteiger partial charge < -0.3 is 60.3 Å². The number of aliphatic hydroxyl groups excluding tert-OH is 2. The van der Waals surface area contributed by atoms with Gasteiger partial charge in [-0.1, -0.05) is 0 Å². The van der Waals surface area contributed by atoms with Gasteiger partial charge in [0.1, 0.15) is 35.4 Å². The minimum atomic E-state index is -3.32. The molecule has 17 nitrogen and oxygen atoms in total. The molecule has 0 spiro atoms. The van der Waals surface area contributed by atoms with Gasteiger partial charge in [0.2, 0.25) is 17.3 Å². The maximum absolute atomic E-state index is 14.7. The molecular formula is C34H36N2O15. The number of carbonyl (C=O) groups is 5. The minimum absolute atomic E-state index is 0.00578. The Balaban J connectivity index is 1.53. The van der Waals surface area contributed by atoms with Gasteiger partial charge in [-0.3, -0.25) is 19.2 Å². The lowest BCUT2D eigenvalue weighted by molar-refractivity contribution is -0.236. The van der Waals surface area contributed by atoms with Crippen LogP contribution in [0.25, 0.3) is 0 Å². The van der Waals surface area contributed by atoms with Crippen molar-refractivity contribution in [1.29, 1.82) is 0 Å². The number of rotatable bonds is 6. The van der Waals surface area contributed by atoms with E-state index in [4.69, 9.17) is 29.4 Å². The topological polar surface area (TPSA) is 271 Å². The number of fused-ring (bicyclic) bond motifs is 5. The van der Waals surface area contributed by atoms with Crippen molar-refractivity contribution in [2.45, 2.75) is 68.2 Å². The summed E-state index contributed by atoms with van der Waals surface area (Å²) in [7, 11) is 4.55. The zero-order chi connectivity index (χ0) is 37.6. The van der Waals surface area contributed by atoms with Crippen molar-refractivity contribution in [2.75, 3.05) is 34.2 Å². The van der Waals surface area contributed by atoms with E-state index in [9.17, 15) is 49.5 Å². The van der Waals surface area contributed by atoms with Crippen LogP contribution in [0.2, 0.25) is 0 Å². The predicted octanol–water partition coefficient (Wildman–Crippen LogP) is -0.668. The van der Waals surface area contributed by atoms with Crippen molar-refractivity contribution in [1.82, 2.24) is 5.32 Å². The van der Waals surface area contributed by atoms with Crippen LogP contribution in [0.4, 0.5) is 5.69 Å². The number of nitrogens with two attached hydrogens (primary N) is 1. The third-order valence-electron chi connectivity index (χ3n) is 10.4. The summed E-state index contributed by atoms with van der Waals surface area (Å²) in [5.74, 6) is -7.97. The second-order valence-electron chi connectivity index (χ2n) is 12.8. The van der Waals surface area contributed by atoms with Crippen LogP contribution in [0.5, 0.6) is 11.5 Å². The SMILES string of the molecule is COC(=O)c1c(C)c(N)c2c(c1O)C1(O)C(=O)c3cc4c(c(O)c3C(=O)C1(OC)C(O)C2)C(=O)C=C(NC1OC(C)C(OC)C(O)C1OC)C4=O. The number of esters is 1. The number of nitrogen functional groups attached to an aromatic ring is 1. The Morgan fingerprint density at radius 3 is 2.22 bits per heavy atom. The molecule has 1 saturated heterocycles. The molecule has 8 unspecified atom stereocenters. The third kappa shape index (κ3) is 4.49. The van der Waals surface area contributed by atoms with Gasteiger partial charge in [-0.2, -0.15) is 0 Å². The average molecular weight is 713 g/mol. The van der Waals surface area contributed by atoms with E-state index in [1.54, 1.807) is 6.92 Å². The number of Topliss-reactive ketones (excluding diaryl/α,β-unsaturated/α-hetero) is 3. The summed E-state index contributed by atoms with van der Waals surface area (Å²) in [5.41, 5.74) is -4.89. The van der Waals surface area contributed by atoms with Gasteiger partial charge in [-0.15, -0.1) is 0 Å². The van der Waals surface area contributed by atoms with Crippen molar-refractivity contribution in [3.8, 4) is 11.5 Å². The van der Waals surface area contributed by atoms with Crippen molar-refractivity contribution in [3.05, 3.63) is 62.3 Å². The van der Waals surface area contributed by atoms with Crippen molar-refractivity contribution >= 4 is 34.8 Å². The molecule has 6 rings (SSSR count). The first-order chi connectivity index (χ1) is 24.0. The molecule has 0 bridgehead atoms. The van der Waals surface area contributed by atoms with Gasteiger partial charge in [0.05, 0.1) is 36.1 Å². The highest BCUT2D eigenvalue weighted by molar-refractivity contribution is 6.31. The van der Waals surface area contributed by atoms with Gasteiger partial charge in [0, 0.05) is 56.2 Å². The number of nitrogens with one attached hydrogen (secondary N) is 1. The lowest BCUT2D eigenvalue weighted by Crippen LogP contribution is -2.73. The number of benzene rings is 2. The number of aliphatic hydroxyl groups is 3. The number of hydrogen-bond donors (Lipinski definition) is 7. The highest BCUT2D eigenvalue weighted by Crippen LogP contribution is 2.57. The Bertz CT molecular complexity index is 1970. The molecule has 8 atom stereocenters. The number of phenolic OH excluding ortho intramolecular Hbond substituents is 2. The molecule has 0 amide bonds. The number of allylic oxidation sites excluding steroid dienone is 2. The summed E-state index contributed by atoms with van der Waals surface area (Å²) in [6.45, 7) is 2.96. The Hall–Kier alpha value is -4.75. The Morgan fingerprint density at radius 1 is 0.980 bits per heavy atom. The van der Waals surface area contributed by atoms with Crippen molar-refractivity contribution in [3.63, 3.8) is 0 Å². The molecule has 272 valence electrons. The fraction of sp³-hybridized carbons (Fsp3) is 0.441. The standard InChI is InChI=1S/C34H36N2O15/c1-10-18(32(45)49-5)25(41)21-14(22(10)35)8-17(38)34(50-6)30(44)20-13(29(43)33(21,34)46)7-12-19(24(20)40)16(37)9-15(23(12)39)36-31-28(48-4)26(42)27(47-3)11(2)51-31/h7,9,11,17,26-28,31,36,38,40-42,46H,8,35H2,1-6H3. The maximum atomic E-state index is 14.7. The second-order valence-corrected chi connectivity index (χ2v) is 12.8. The van der Waals surface area contributed by atoms with Gasteiger partial charge in [-0.25, -0.2) is 4.79 Å². The van der Waals surface area contributed by atoms with Crippen LogP contribution in [0.1, 0.15) is 75.4 Å². The predicted molar refractivity (Wildman–Crippen MR) is 171 cm³/mol. The van der Waals surface area contributed by atoms with E-state index in [0.29, 0.717) is 0 Å². The number of phenols is 2. The maximum Gasteiger partial charge on any atom is 0.342 e. The Morgan fingerprint density at radius 2 is 1.63 bits per heavy atom. The lowest BCUT2D eigenvalue weighted by atomic mass is 9.56. The molecule has 2 aromatic carbocycles. The largest absolute Gasteiger partial charge is 0.507 e. The molecule has 3 aliphatic carbocycles. The van der Waals surface area contributed by atoms with E-state index in [2.05, 4.69) is 5.32 Å². The van der Waals surface area contributed by atoms with Crippen LogP contribution in [0.15, 0.2) is 17.8 Å². The molecule has 0 saturated carbocycles. The summed E-state index contributed by atoms with van der Waals surface area (Å²) in [4.78, 5) is 69.4. The second kappa shape index (κ2) is 12.2. The van der Waals surface area contributed by atoms with Gasteiger partial charge in [0.15, 0.2) is 23.2 Å². The molecule has 17 heteroatoms. The number of ether oxygens (including phenoxy) is 5. The molecular weight excluding hydrogens is 676 g/mol. The summed E-state index contributed by atoms with van der Waals surface area (Å²) < 4.78 is 26.8. The molecule has 8 N–H and O–H groups in total. The summed E-state index contributed by atoms with van der Waals surface area (Å²) in [6, 6.07) is 0.821. The van der Waals surface area contributed by atoms with E-state index in [1.165, 1.54) is 21.1 Å². The first-order valence-electron chi connectivity index (χ1n) is 15.6. The van der Waals surface area contributed by atoms with E-state index in [1.807, 2.05) is 0 Å². The normalized spacial score (nSPS) is 31.3. The third-order valence-corrected chi connectivity index (χ3v) is 10.4. The Labute approximate surface area is 289 Å². The molecule has 1 aliphatic heterocycles. The molecule has 2 aromatic rings. The van der Waals surface area contributed by atoms with E-state index in [0.717, 1.165) is 26.4 Å². The fourth-order valence-electron chi connectivity index (χ4n) is 7.93. The average Bonchev–Trinajstić information content (AvgIpc) is 3.08. The molecule has 1 fully saturated rings. The van der Waals surface area contributed by atoms with Crippen LogP contribution >= 0.6 is 0 Å². The number of methoxy groups -OCH3 is 4. The van der Waals surface area contributed by atoms with Gasteiger partial charge >= 0.3 is 5.97 Å². The van der Waals surface area contributed by atoms with Crippen molar-refractivity contribution in [2.24, 2.45) is 0 Å². The number of anilines is 1. The zero-order valence-corrected chi connectivity index (χ0v) is 28.2. The Kier molecular flexibility index (Phi) is 8.62. The lowest BCUT2D eigenvalue weighted by Gasteiger charge is -2.53. The zero-order valence-electron chi connectivity index (χ0n) is 28.2. The molecule has 51 heavy (non-hydrogen) atoms. The van der Waals surface area contributed by atoms with Crippen LogP contribution in [-0.4, -0.2) is 125 Å². The first-order valence-corrected chi connectivity index (χ1v) is 15.6. The number of aromatic hydroxyl groups is 2. The number of hydrogen-bond acceptors (Lipinski definition) is 17. The quantitative estimate of drug-likeness (QED) is 0.111. The smallest absolute Gasteiger partial charge is 0.342 e. The molecule has 4 aliphatic rings. The van der Waals surface area contributed by atoms with Crippen LogP contribution in [-0.2, 0) is 35.7 Å². The van der Waals surface area contributed by atoms with E-state index in [-0.39, 0.29) is 16.8 Å².